The number of halogens is 2. The minimum absolute atomic E-state index is 0.102. The quantitative estimate of drug-likeness (QED) is 0.663. The van der Waals surface area contributed by atoms with E-state index in [1.54, 1.807) is 6.07 Å². The fourth-order valence-corrected chi connectivity index (χ4v) is 3.57. The number of hydrogen-bond acceptors (Lipinski definition) is 2. The number of carbonyl (C=O) groups is 2. The molecule has 0 radical (unpaired) electrons. The van der Waals surface area contributed by atoms with Gasteiger partial charge < -0.3 is 15.5 Å². The number of benzene rings is 2. The van der Waals surface area contributed by atoms with Crippen LogP contribution in [0.1, 0.15) is 38.2 Å². The summed E-state index contributed by atoms with van der Waals surface area (Å²) in [5.41, 5.74) is 1.97. The van der Waals surface area contributed by atoms with E-state index < -0.39 is 11.9 Å². The molecule has 3 amide bonds. The van der Waals surface area contributed by atoms with Crippen LogP contribution in [0.5, 0.6) is 0 Å². The maximum Gasteiger partial charge on any atom is 0.322 e. The molecule has 7 heteroatoms. The third-order valence-electron chi connectivity index (χ3n) is 4.83. The molecule has 148 valence electrons. The first-order valence-corrected chi connectivity index (χ1v) is 10.1. The highest BCUT2D eigenvalue weighted by molar-refractivity contribution is 9.10. The van der Waals surface area contributed by atoms with Crippen molar-refractivity contribution in [2.45, 2.75) is 38.6 Å². The summed E-state index contributed by atoms with van der Waals surface area (Å²) in [4.78, 5) is 26.8. The van der Waals surface area contributed by atoms with E-state index in [4.69, 9.17) is 0 Å². The summed E-state index contributed by atoms with van der Waals surface area (Å²) in [5, 5.41) is 5.44. The summed E-state index contributed by atoms with van der Waals surface area (Å²) in [5.74, 6) is -0.499. The molecule has 2 aromatic carbocycles. The first kappa shape index (κ1) is 20.3. The number of carbonyl (C=O) groups excluding carboxylic acids is 2. The van der Waals surface area contributed by atoms with Crippen molar-refractivity contribution in [1.82, 2.24) is 4.90 Å². The Bertz CT molecular complexity index is 870. The van der Waals surface area contributed by atoms with Crippen LogP contribution in [0.15, 0.2) is 46.9 Å². The lowest BCUT2D eigenvalue weighted by Crippen LogP contribution is -2.45. The second-order valence-electron chi connectivity index (χ2n) is 7.17. The molecule has 0 spiro atoms. The molecule has 1 saturated heterocycles. The Balaban J connectivity index is 1.65. The van der Waals surface area contributed by atoms with Crippen LogP contribution in [0.3, 0.4) is 0 Å². The molecule has 1 fully saturated rings. The summed E-state index contributed by atoms with van der Waals surface area (Å²) >= 11 is 3.19. The largest absolute Gasteiger partial charge is 0.322 e. The van der Waals surface area contributed by atoms with Gasteiger partial charge in [0, 0.05) is 16.7 Å². The van der Waals surface area contributed by atoms with Crippen molar-refractivity contribution >= 4 is 39.2 Å². The van der Waals surface area contributed by atoms with Crippen molar-refractivity contribution in [3.8, 4) is 0 Å². The lowest BCUT2D eigenvalue weighted by Gasteiger charge is -2.24. The molecule has 1 aliphatic rings. The number of likely N-dealkylation sites (tertiary alicyclic amines) is 1. The summed E-state index contributed by atoms with van der Waals surface area (Å²) in [6, 6.07) is 11.1. The van der Waals surface area contributed by atoms with Crippen LogP contribution in [0.2, 0.25) is 0 Å². The Morgan fingerprint density at radius 2 is 1.86 bits per heavy atom. The number of rotatable bonds is 4. The van der Waals surface area contributed by atoms with E-state index in [9.17, 15) is 14.0 Å². The summed E-state index contributed by atoms with van der Waals surface area (Å²) in [6.07, 6.45) is 1.27. The fraction of sp³-hybridized carbons (Fsp3) is 0.333. The van der Waals surface area contributed by atoms with Crippen molar-refractivity contribution in [3.05, 3.63) is 58.3 Å². The Morgan fingerprint density at radius 1 is 1.14 bits per heavy atom. The molecule has 2 aromatic rings. The Kier molecular flexibility index (Phi) is 6.34. The number of amides is 3. The molecule has 5 nitrogen and oxygen atoms in total. The second kappa shape index (κ2) is 8.73. The zero-order valence-electron chi connectivity index (χ0n) is 15.8. The first-order chi connectivity index (χ1) is 13.3. The van der Waals surface area contributed by atoms with Gasteiger partial charge in [0.15, 0.2) is 0 Å². The predicted octanol–water partition coefficient (Wildman–Crippen LogP) is 5.35. The highest BCUT2D eigenvalue weighted by Gasteiger charge is 2.34. The lowest BCUT2D eigenvalue weighted by atomic mass is 10.0. The molecule has 1 atom stereocenters. The van der Waals surface area contributed by atoms with Gasteiger partial charge in [0.1, 0.15) is 11.9 Å². The van der Waals surface area contributed by atoms with Gasteiger partial charge in [-0.15, -0.1) is 0 Å². The molecule has 28 heavy (non-hydrogen) atoms. The van der Waals surface area contributed by atoms with Crippen LogP contribution in [-0.2, 0) is 4.79 Å². The monoisotopic (exact) mass is 447 g/mol. The van der Waals surface area contributed by atoms with Crippen LogP contribution >= 0.6 is 15.9 Å². The number of urea groups is 1. The summed E-state index contributed by atoms with van der Waals surface area (Å²) < 4.78 is 14.6. The summed E-state index contributed by atoms with van der Waals surface area (Å²) in [7, 11) is 0. The van der Waals surface area contributed by atoms with Gasteiger partial charge in [-0.1, -0.05) is 41.9 Å². The van der Waals surface area contributed by atoms with Crippen molar-refractivity contribution < 1.29 is 14.0 Å². The van der Waals surface area contributed by atoms with Gasteiger partial charge in [-0.3, -0.25) is 4.79 Å². The smallest absolute Gasteiger partial charge is 0.322 e. The highest BCUT2D eigenvalue weighted by atomic mass is 79.9. The number of nitrogens with zero attached hydrogens (tertiary/aromatic N) is 1. The van der Waals surface area contributed by atoms with Gasteiger partial charge in [-0.25, -0.2) is 9.18 Å². The van der Waals surface area contributed by atoms with Gasteiger partial charge in [-0.2, -0.15) is 0 Å². The van der Waals surface area contributed by atoms with Crippen LogP contribution in [-0.4, -0.2) is 29.4 Å². The minimum Gasteiger partial charge on any atom is -0.322 e. The van der Waals surface area contributed by atoms with Crippen LogP contribution in [0, 0.1) is 5.82 Å². The van der Waals surface area contributed by atoms with E-state index >= 15 is 0 Å². The van der Waals surface area contributed by atoms with Crippen molar-refractivity contribution in [2.24, 2.45) is 0 Å². The third kappa shape index (κ3) is 4.70. The zero-order chi connectivity index (χ0) is 20.3. The van der Waals surface area contributed by atoms with Gasteiger partial charge in [0.05, 0.1) is 5.69 Å². The zero-order valence-corrected chi connectivity index (χ0v) is 17.4. The topological polar surface area (TPSA) is 61.4 Å². The summed E-state index contributed by atoms with van der Waals surface area (Å²) in [6.45, 7) is 4.70. The Morgan fingerprint density at radius 3 is 2.50 bits per heavy atom. The van der Waals surface area contributed by atoms with Crippen molar-refractivity contribution in [3.63, 3.8) is 0 Å². The van der Waals surface area contributed by atoms with Crippen LogP contribution < -0.4 is 10.6 Å². The average molecular weight is 448 g/mol. The number of hydrogen-bond donors (Lipinski definition) is 2. The second-order valence-corrected chi connectivity index (χ2v) is 8.09. The van der Waals surface area contributed by atoms with Gasteiger partial charge in [0.2, 0.25) is 5.91 Å². The molecular formula is C21H23BrFN3O2. The predicted molar refractivity (Wildman–Crippen MR) is 112 cm³/mol. The molecule has 3 rings (SSSR count). The third-order valence-corrected chi connectivity index (χ3v) is 5.33. The van der Waals surface area contributed by atoms with E-state index in [-0.39, 0.29) is 17.6 Å². The average Bonchev–Trinajstić information content (AvgIpc) is 3.14. The normalized spacial score (nSPS) is 16.3. The molecule has 1 aliphatic heterocycles. The molecule has 2 N–H and O–H groups in total. The maximum absolute atomic E-state index is 14.0. The molecule has 0 unspecified atom stereocenters. The van der Waals surface area contributed by atoms with Gasteiger partial charge in [0.25, 0.3) is 0 Å². The maximum atomic E-state index is 14.0. The van der Waals surface area contributed by atoms with E-state index in [0.29, 0.717) is 29.0 Å². The molecule has 1 heterocycles. The van der Waals surface area contributed by atoms with E-state index in [2.05, 4.69) is 40.4 Å². The molecule has 0 aliphatic carbocycles. The first-order valence-electron chi connectivity index (χ1n) is 9.28. The molecular weight excluding hydrogens is 425 g/mol. The van der Waals surface area contributed by atoms with Gasteiger partial charge >= 0.3 is 6.03 Å². The van der Waals surface area contributed by atoms with Crippen molar-refractivity contribution in [2.75, 3.05) is 17.2 Å². The van der Waals surface area contributed by atoms with E-state index in [0.717, 1.165) is 6.42 Å². The van der Waals surface area contributed by atoms with E-state index in [1.165, 1.54) is 22.6 Å². The SMILES string of the molecule is CC(C)c1ccc(NC(=O)N2CCC[C@@H]2C(=O)Nc2ccc(Br)cc2F)cc1. The van der Waals surface area contributed by atoms with Gasteiger partial charge in [-0.05, 0) is 54.7 Å². The van der Waals surface area contributed by atoms with E-state index in [1.807, 2.05) is 24.3 Å². The lowest BCUT2D eigenvalue weighted by molar-refractivity contribution is -0.119. The number of nitrogens with one attached hydrogen (secondary N) is 2. The molecule has 0 bridgehead atoms. The molecule has 0 saturated carbocycles. The van der Waals surface area contributed by atoms with Crippen LogP contribution in [0.25, 0.3) is 0 Å². The Hall–Kier alpha value is -2.41. The molecule has 0 aromatic heterocycles. The number of anilines is 2. The highest BCUT2D eigenvalue weighted by Crippen LogP contribution is 2.24. The van der Waals surface area contributed by atoms with Crippen molar-refractivity contribution in [1.29, 1.82) is 0 Å². The standard InChI is InChI=1S/C21H23BrFN3O2/c1-13(2)14-5-8-16(9-6-14)24-21(28)26-11-3-4-19(26)20(27)25-18-10-7-15(22)12-17(18)23/h5-10,12-13,19H,3-4,11H2,1-2H3,(H,24,28)(H,25,27)/t19-/m1/s1. The minimum atomic E-state index is -0.627. The van der Waals surface area contributed by atoms with Crippen LogP contribution in [0.4, 0.5) is 20.6 Å². The Labute approximate surface area is 172 Å². The fourth-order valence-electron chi connectivity index (χ4n) is 3.24.